The number of para-hydroxylation sites is 1. The number of nitrogens with zero attached hydrogens (tertiary/aromatic N) is 3. The molecule has 0 unspecified atom stereocenters. The zero-order valence-electron chi connectivity index (χ0n) is 12.8. The molecule has 1 aromatic carbocycles. The molecule has 1 saturated heterocycles. The molecule has 1 aliphatic rings. The minimum atomic E-state index is -0.0204. The number of anilines is 2. The van der Waals surface area contributed by atoms with E-state index in [1.807, 2.05) is 12.1 Å². The van der Waals surface area contributed by atoms with Crippen molar-refractivity contribution in [2.24, 2.45) is 0 Å². The topological polar surface area (TPSA) is 48.5 Å². The van der Waals surface area contributed by atoms with Crippen LogP contribution in [0.25, 0.3) is 0 Å². The molecule has 0 aliphatic carbocycles. The van der Waals surface area contributed by atoms with E-state index in [0.717, 1.165) is 30.7 Å². The Balaban J connectivity index is 1.47. The molecule has 1 aliphatic heterocycles. The summed E-state index contributed by atoms with van der Waals surface area (Å²) in [5.41, 5.74) is 1.25. The van der Waals surface area contributed by atoms with E-state index in [4.69, 9.17) is 0 Å². The highest BCUT2D eigenvalue weighted by molar-refractivity contribution is 9.10. The second-order valence-corrected chi connectivity index (χ2v) is 6.42. The Morgan fingerprint density at radius 3 is 2.48 bits per heavy atom. The predicted octanol–water partition coefficient (Wildman–Crippen LogP) is 2.60. The van der Waals surface area contributed by atoms with Crippen LogP contribution in [0.15, 0.2) is 53.1 Å². The molecule has 5 nitrogen and oxygen atoms in total. The normalized spacial score (nSPS) is 15.4. The number of hydrogen-bond donors (Lipinski definition) is 1. The van der Waals surface area contributed by atoms with E-state index in [1.165, 1.54) is 5.69 Å². The summed E-state index contributed by atoms with van der Waals surface area (Å²) in [7, 11) is 0. The highest BCUT2D eigenvalue weighted by Crippen LogP contribution is 2.15. The van der Waals surface area contributed by atoms with Crippen molar-refractivity contribution in [1.29, 1.82) is 0 Å². The molecule has 0 spiro atoms. The molecular formula is C17H19BrN4O. The Hall–Kier alpha value is -1.92. The molecule has 0 bridgehead atoms. The Labute approximate surface area is 144 Å². The van der Waals surface area contributed by atoms with E-state index in [2.05, 4.69) is 60.3 Å². The molecule has 1 aromatic heterocycles. The minimum absolute atomic E-state index is 0.0204. The SMILES string of the molecule is O=C(CN1CCN(c2ccccc2)CC1)Nc1ccc(Br)cn1. The number of halogens is 1. The highest BCUT2D eigenvalue weighted by atomic mass is 79.9. The van der Waals surface area contributed by atoms with Gasteiger partial charge in [-0.3, -0.25) is 9.69 Å². The van der Waals surface area contributed by atoms with Gasteiger partial charge in [-0.15, -0.1) is 0 Å². The van der Waals surface area contributed by atoms with Gasteiger partial charge in [-0.05, 0) is 40.2 Å². The largest absolute Gasteiger partial charge is 0.369 e. The first kappa shape index (κ1) is 16.0. The number of nitrogens with one attached hydrogen (secondary N) is 1. The maximum Gasteiger partial charge on any atom is 0.239 e. The van der Waals surface area contributed by atoms with Gasteiger partial charge in [0.25, 0.3) is 0 Å². The van der Waals surface area contributed by atoms with E-state index in [-0.39, 0.29) is 5.91 Å². The summed E-state index contributed by atoms with van der Waals surface area (Å²) in [6.45, 7) is 4.05. The van der Waals surface area contributed by atoms with E-state index < -0.39 is 0 Å². The molecule has 1 amide bonds. The van der Waals surface area contributed by atoms with E-state index in [9.17, 15) is 4.79 Å². The molecule has 3 rings (SSSR count). The van der Waals surface area contributed by atoms with Crippen LogP contribution >= 0.6 is 15.9 Å². The van der Waals surface area contributed by atoms with Gasteiger partial charge in [-0.1, -0.05) is 18.2 Å². The summed E-state index contributed by atoms with van der Waals surface area (Å²) in [6.07, 6.45) is 1.67. The van der Waals surface area contributed by atoms with Gasteiger partial charge in [0, 0.05) is 42.5 Å². The third-order valence-corrected chi connectivity index (χ3v) is 4.32. The molecule has 0 saturated carbocycles. The second-order valence-electron chi connectivity index (χ2n) is 5.51. The first-order chi connectivity index (χ1) is 11.2. The smallest absolute Gasteiger partial charge is 0.239 e. The molecular weight excluding hydrogens is 356 g/mol. The summed E-state index contributed by atoms with van der Waals surface area (Å²) in [5.74, 6) is 0.564. The van der Waals surface area contributed by atoms with Crippen molar-refractivity contribution in [2.45, 2.75) is 0 Å². The minimum Gasteiger partial charge on any atom is -0.369 e. The third kappa shape index (κ3) is 4.53. The molecule has 0 radical (unpaired) electrons. The molecule has 6 heteroatoms. The highest BCUT2D eigenvalue weighted by Gasteiger charge is 2.19. The number of amides is 1. The summed E-state index contributed by atoms with van der Waals surface area (Å²) in [4.78, 5) is 20.8. The number of benzene rings is 1. The third-order valence-electron chi connectivity index (χ3n) is 3.86. The molecule has 120 valence electrons. The van der Waals surface area contributed by atoms with Crippen LogP contribution in [0.1, 0.15) is 0 Å². The Bertz CT molecular complexity index is 639. The lowest BCUT2D eigenvalue weighted by Gasteiger charge is -2.35. The van der Waals surface area contributed by atoms with Crippen LogP contribution in [0.4, 0.5) is 11.5 Å². The van der Waals surface area contributed by atoms with Gasteiger partial charge in [0.2, 0.25) is 5.91 Å². The average molecular weight is 375 g/mol. The van der Waals surface area contributed by atoms with Crippen molar-refractivity contribution < 1.29 is 4.79 Å². The van der Waals surface area contributed by atoms with Gasteiger partial charge in [0.05, 0.1) is 6.54 Å². The number of pyridine rings is 1. The fraction of sp³-hybridized carbons (Fsp3) is 0.294. The number of aromatic nitrogens is 1. The molecule has 1 fully saturated rings. The van der Waals surface area contributed by atoms with E-state index in [0.29, 0.717) is 12.4 Å². The number of rotatable bonds is 4. The van der Waals surface area contributed by atoms with Crippen molar-refractivity contribution in [3.63, 3.8) is 0 Å². The lowest BCUT2D eigenvalue weighted by atomic mass is 10.2. The molecule has 2 aromatic rings. The second kappa shape index (κ2) is 7.57. The maximum atomic E-state index is 12.1. The van der Waals surface area contributed by atoms with Crippen LogP contribution < -0.4 is 10.2 Å². The van der Waals surface area contributed by atoms with Crippen LogP contribution in [0, 0.1) is 0 Å². The van der Waals surface area contributed by atoms with Crippen molar-refractivity contribution in [1.82, 2.24) is 9.88 Å². The maximum absolute atomic E-state index is 12.1. The number of carbonyl (C=O) groups is 1. The summed E-state index contributed by atoms with van der Waals surface area (Å²) in [5, 5.41) is 2.83. The van der Waals surface area contributed by atoms with Crippen molar-refractivity contribution >= 4 is 33.3 Å². The van der Waals surface area contributed by atoms with Gasteiger partial charge >= 0.3 is 0 Å². The number of carbonyl (C=O) groups excluding carboxylic acids is 1. The van der Waals surface area contributed by atoms with Crippen molar-refractivity contribution in [3.8, 4) is 0 Å². The van der Waals surface area contributed by atoms with Gasteiger partial charge in [-0.2, -0.15) is 0 Å². The van der Waals surface area contributed by atoms with E-state index in [1.54, 1.807) is 12.3 Å². The van der Waals surface area contributed by atoms with Crippen LogP contribution in [0.2, 0.25) is 0 Å². The number of hydrogen-bond acceptors (Lipinski definition) is 4. The lowest BCUT2D eigenvalue weighted by Crippen LogP contribution is -2.48. The Morgan fingerprint density at radius 1 is 1.09 bits per heavy atom. The lowest BCUT2D eigenvalue weighted by molar-refractivity contribution is -0.117. The van der Waals surface area contributed by atoms with Gasteiger partial charge in [0.1, 0.15) is 5.82 Å². The first-order valence-electron chi connectivity index (χ1n) is 7.64. The molecule has 0 atom stereocenters. The van der Waals surface area contributed by atoms with Crippen LogP contribution in [-0.4, -0.2) is 48.5 Å². The summed E-state index contributed by atoms with van der Waals surface area (Å²) >= 11 is 3.33. The first-order valence-corrected chi connectivity index (χ1v) is 8.44. The Kier molecular flexibility index (Phi) is 5.25. The van der Waals surface area contributed by atoms with Crippen LogP contribution in [0.5, 0.6) is 0 Å². The molecule has 23 heavy (non-hydrogen) atoms. The fourth-order valence-corrected chi connectivity index (χ4v) is 2.87. The van der Waals surface area contributed by atoms with Gasteiger partial charge < -0.3 is 10.2 Å². The van der Waals surface area contributed by atoms with Gasteiger partial charge in [-0.25, -0.2) is 4.98 Å². The van der Waals surface area contributed by atoms with Crippen LogP contribution in [-0.2, 0) is 4.79 Å². The fourth-order valence-electron chi connectivity index (χ4n) is 2.64. The summed E-state index contributed by atoms with van der Waals surface area (Å²) in [6, 6.07) is 14.0. The molecule has 2 heterocycles. The Morgan fingerprint density at radius 2 is 1.83 bits per heavy atom. The molecule has 1 N–H and O–H groups in total. The van der Waals surface area contributed by atoms with E-state index >= 15 is 0 Å². The summed E-state index contributed by atoms with van der Waals surface area (Å²) < 4.78 is 0.896. The van der Waals surface area contributed by atoms with Crippen molar-refractivity contribution in [2.75, 3.05) is 42.9 Å². The predicted molar refractivity (Wildman–Crippen MR) is 95.7 cm³/mol. The zero-order chi connectivity index (χ0) is 16.1. The standard InChI is InChI=1S/C17H19BrN4O/c18-14-6-7-16(19-12-14)20-17(23)13-21-8-10-22(11-9-21)15-4-2-1-3-5-15/h1-7,12H,8-11,13H2,(H,19,20,23). The van der Waals surface area contributed by atoms with Crippen LogP contribution in [0.3, 0.4) is 0 Å². The van der Waals surface area contributed by atoms with Gasteiger partial charge in [0.15, 0.2) is 0 Å². The monoisotopic (exact) mass is 374 g/mol. The quantitative estimate of drug-likeness (QED) is 0.893. The number of piperazine rings is 1. The van der Waals surface area contributed by atoms with Crippen molar-refractivity contribution in [3.05, 3.63) is 53.1 Å². The zero-order valence-corrected chi connectivity index (χ0v) is 14.4. The average Bonchev–Trinajstić information content (AvgIpc) is 2.58.